The summed E-state index contributed by atoms with van der Waals surface area (Å²) in [4.78, 5) is 35.0. The smallest absolute Gasteiger partial charge is 0.305 e. The molecule has 0 atom stereocenters. The molecule has 0 fully saturated rings. The van der Waals surface area contributed by atoms with Gasteiger partial charge in [0.15, 0.2) is 5.82 Å². The zero-order valence-electron chi connectivity index (χ0n) is 14.7. The number of hydrogen-bond donors (Lipinski definition) is 1. The van der Waals surface area contributed by atoms with Gasteiger partial charge in [0.05, 0.1) is 23.8 Å². The summed E-state index contributed by atoms with van der Waals surface area (Å²) in [5.41, 5.74) is 0.736. The van der Waals surface area contributed by atoms with Gasteiger partial charge in [0.1, 0.15) is 11.4 Å². The SMILES string of the molecule is CCN(CCC(=O)O)C(=O)c1sc2nc(COC)nc(OC)c2c1C. The number of amides is 1. The molecule has 0 saturated carbocycles. The zero-order chi connectivity index (χ0) is 18.6. The van der Waals surface area contributed by atoms with Gasteiger partial charge in [0, 0.05) is 20.2 Å². The van der Waals surface area contributed by atoms with Crippen LogP contribution in [0.5, 0.6) is 5.88 Å². The molecule has 0 bridgehead atoms. The molecule has 0 aromatic carbocycles. The van der Waals surface area contributed by atoms with Crippen molar-refractivity contribution >= 4 is 33.4 Å². The van der Waals surface area contributed by atoms with Crippen LogP contribution < -0.4 is 4.74 Å². The van der Waals surface area contributed by atoms with E-state index in [1.165, 1.54) is 23.3 Å². The number of hydrogen-bond acceptors (Lipinski definition) is 7. The number of carboxylic acids is 1. The van der Waals surface area contributed by atoms with Gasteiger partial charge >= 0.3 is 5.97 Å². The van der Waals surface area contributed by atoms with Gasteiger partial charge < -0.3 is 19.5 Å². The first-order chi connectivity index (χ1) is 11.9. The molecule has 25 heavy (non-hydrogen) atoms. The third-order valence-electron chi connectivity index (χ3n) is 3.73. The van der Waals surface area contributed by atoms with Crippen LogP contribution in [0.1, 0.15) is 34.4 Å². The Kier molecular flexibility index (Phi) is 6.27. The van der Waals surface area contributed by atoms with Crippen LogP contribution in [0.3, 0.4) is 0 Å². The molecule has 8 nitrogen and oxygen atoms in total. The predicted molar refractivity (Wildman–Crippen MR) is 93.2 cm³/mol. The fourth-order valence-electron chi connectivity index (χ4n) is 2.47. The third-order valence-corrected chi connectivity index (χ3v) is 4.90. The molecule has 136 valence electrons. The number of ether oxygens (including phenoxy) is 2. The van der Waals surface area contributed by atoms with Crippen molar-refractivity contribution in [1.29, 1.82) is 0 Å². The molecule has 0 radical (unpaired) electrons. The number of rotatable bonds is 8. The van der Waals surface area contributed by atoms with Crippen molar-refractivity contribution in [1.82, 2.24) is 14.9 Å². The van der Waals surface area contributed by atoms with E-state index >= 15 is 0 Å². The van der Waals surface area contributed by atoms with Crippen molar-refractivity contribution in [2.24, 2.45) is 0 Å². The first-order valence-electron chi connectivity index (χ1n) is 7.76. The van der Waals surface area contributed by atoms with Crippen LogP contribution in [0, 0.1) is 6.92 Å². The van der Waals surface area contributed by atoms with E-state index in [-0.39, 0.29) is 25.5 Å². The average Bonchev–Trinajstić information content (AvgIpc) is 2.91. The van der Waals surface area contributed by atoms with Crippen molar-refractivity contribution in [3.8, 4) is 5.88 Å². The lowest BCUT2D eigenvalue weighted by atomic mass is 10.2. The number of methoxy groups -OCH3 is 2. The van der Waals surface area contributed by atoms with E-state index in [1.807, 2.05) is 13.8 Å². The zero-order valence-corrected chi connectivity index (χ0v) is 15.5. The molecule has 0 spiro atoms. The van der Waals surface area contributed by atoms with Crippen molar-refractivity contribution in [2.45, 2.75) is 26.9 Å². The maximum Gasteiger partial charge on any atom is 0.305 e. The van der Waals surface area contributed by atoms with Crippen molar-refractivity contribution in [2.75, 3.05) is 27.3 Å². The van der Waals surface area contributed by atoms with Gasteiger partial charge in [0.2, 0.25) is 5.88 Å². The van der Waals surface area contributed by atoms with E-state index in [2.05, 4.69) is 9.97 Å². The molecule has 0 saturated heterocycles. The second-order valence-electron chi connectivity index (χ2n) is 5.35. The maximum absolute atomic E-state index is 12.8. The molecule has 0 aliphatic heterocycles. The van der Waals surface area contributed by atoms with E-state index < -0.39 is 5.97 Å². The molecule has 2 aromatic heterocycles. The van der Waals surface area contributed by atoms with E-state index in [1.54, 1.807) is 7.11 Å². The molecule has 2 rings (SSSR count). The summed E-state index contributed by atoms with van der Waals surface area (Å²) in [6, 6.07) is 0. The van der Waals surface area contributed by atoms with Crippen molar-refractivity contribution < 1.29 is 24.2 Å². The summed E-state index contributed by atoms with van der Waals surface area (Å²) in [5.74, 6) is -0.264. The minimum absolute atomic E-state index is 0.0926. The average molecular weight is 367 g/mol. The lowest BCUT2D eigenvalue weighted by Gasteiger charge is -2.19. The van der Waals surface area contributed by atoms with E-state index in [0.717, 1.165) is 5.56 Å². The number of nitrogens with zero attached hydrogens (tertiary/aromatic N) is 3. The normalized spacial score (nSPS) is 10.9. The Labute approximate surface area is 149 Å². The van der Waals surface area contributed by atoms with E-state index in [0.29, 0.717) is 33.3 Å². The lowest BCUT2D eigenvalue weighted by Crippen LogP contribution is -2.32. The number of aliphatic carboxylic acids is 1. The molecule has 0 unspecified atom stereocenters. The topological polar surface area (TPSA) is 102 Å². The molecule has 9 heteroatoms. The first kappa shape index (κ1) is 19.1. The van der Waals surface area contributed by atoms with Crippen LogP contribution in [0.4, 0.5) is 0 Å². The highest BCUT2D eigenvalue weighted by atomic mass is 32.1. The molecule has 0 aliphatic rings. The molecule has 2 aromatic rings. The van der Waals surface area contributed by atoms with E-state index in [9.17, 15) is 9.59 Å². The minimum Gasteiger partial charge on any atom is -0.481 e. The second kappa shape index (κ2) is 8.21. The van der Waals surface area contributed by atoms with Crippen LogP contribution in [0.2, 0.25) is 0 Å². The molecule has 0 aliphatic carbocycles. The molecule has 1 amide bonds. The summed E-state index contributed by atoms with van der Waals surface area (Å²) in [6.07, 6.45) is -0.0926. The Morgan fingerprint density at radius 1 is 1.28 bits per heavy atom. The summed E-state index contributed by atoms with van der Waals surface area (Å²) < 4.78 is 10.4. The highest BCUT2D eigenvalue weighted by Crippen LogP contribution is 2.35. The van der Waals surface area contributed by atoms with Crippen LogP contribution >= 0.6 is 11.3 Å². The van der Waals surface area contributed by atoms with Crippen LogP contribution in [-0.4, -0.2) is 59.2 Å². The van der Waals surface area contributed by atoms with Gasteiger partial charge in [-0.15, -0.1) is 11.3 Å². The quantitative estimate of drug-likeness (QED) is 0.762. The van der Waals surface area contributed by atoms with Crippen LogP contribution in [0.25, 0.3) is 10.2 Å². The Morgan fingerprint density at radius 3 is 2.56 bits per heavy atom. The number of thiophene rings is 1. The number of carbonyl (C=O) groups is 2. The highest BCUT2D eigenvalue weighted by molar-refractivity contribution is 7.20. The maximum atomic E-state index is 12.8. The largest absolute Gasteiger partial charge is 0.481 e. The molecule has 2 heterocycles. The van der Waals surface area contributed by atoms with Gasteiger partial charge in [-0.25, -0.2) is 4.98 Å². The van der Waals surface area contributed by atoms with E-state index in [4.69, 9.17) is 14.6 Å². The first-order valence-corrected chi connectivity index (χ1v) is 8.58. The minimum atomic E-state index is -0.934. The van der Waals surface area contributed by atoms with Gasteiger partial charge in [-0.1, -0.05) is 0 Å². The van der Waals surface area contributed by atoms with Crippen LogP contribution in [0.15, 0.2) is 0 Å². The second-order valence-corrected chi connectivity index (χ2v) is 6.35. The summed E-state index contributed by atoms with van der Waals surface area (Å²) in [6.45, 7) is 4.47. The Morgan fingerprint density at radius 2 is 2.00 bits per heavy atom. The lowest BCUT2D eigenvalue weighted by molar-refractivity contribution is -0.137. The summed E-state index contributed by atoms with van der Waals surface area (Å²) in [7, 11) is 3.07. The van der Waals surface area contributed by atoms with Crippen LogP contribution in [-0.2, 0) is 16.1 Å². The number of carbonyl (C=O) groups excluding carboxylic acids is 1. The summed E-state index contributed by atoms with van der Waals surface area (Å²) >= 11 is 1.25. The number of fused-ring (bicyclic) bond motifs is 1. The van der Waals surface area contributed by atoms with Crippen molar-refractivity contribution in [3.05, 3.63) is 16.3 Å². The molecular formula is C16H21N3O5S. The fraction of sp³-hybridized carbons (Fsp3) is 0.500. The standard InChI is InChI=1S/C16H21N3O5S/c1-5-19(7-6-11(20)21)16(22)13-9(2)12-14(24-4)17-10(8-23-3)18-15(12)25-13/h5-8H2,1-4H3,(H,20,21). The predicted octanol–water partition coefficient (Wildman–Crippen LogP) is 2.09. The van der Waals surface area contributed by atoms with Gasteiger partial charge in [-0.3, -0.25) is 9.59 Å². The van der Waals surface area contributed by atoms with Gasteiger partial charge in [0.25, 0.3) is 5.91 Å². The number of aromatic nitrogens is 2. The van der Waals surface area contributed by atoms with Gasteiger partial charge in [-0.2, -0.15) is 4.98 Å². The monoisotopic (exact) mass is 367 g/mol. The highest BCUT2D eigenvalue weighted by Gasteiger charge is 2.24. The van der Waals surface area contributed by atoms with Crippen molar-refractivity contribution in [3.63, 3.8) is 0 Å². The number of aryl methyl sites for hydroxylation is 1. The third kappa shape index (κ3) is 4.05. The molecule has 1 N–H and O–H groups in total. The molecular weight excluding hydrogens is 346 g/mol. The van der Waals surface area contributed by atoms with Gasteiger partial charge in [-0.05, 0) is 19.4 Å². The Balaban J connectivity index is 2.45. The fourth-order valence-corrected chi connectivity index (χ4v) is 3.63. The number of carboxylic acid groups (broad SMARTS) is 1. The summed E-state index contributed by atoms with van der Waals surface area (Å²) in [5, 5.41) is 9.55. The Bertz CT molecular complexity index is 790. The Hall–Kier alpha value is -2.26.